The molecule has 5 nitrogen and oxygen atoms in total. The Morgan fingerprint density at radius 3 is 2.57 bits per heavy atom. The van der Waals surface area contributed by atoms with Crippen LogP contribution in [0.2, 0.25) is 5.15 Å². The van der Waals surface area contributed by atoms with Crippen molar-refractivity contribution in [1.82, 2.24) is 9.97 Å². The fraction of sp³-hybridized carbons (Fsp3) is 0.190. The molecule has 0 aliphatic heterocycles. The summed E-state index contributed by atoms with van der Waals surface area (Å²) in [6, 6.07) is 17.0. The largest absolute Gasteiger partial charge is 0.363 e. The van der Waals surface area contributed by atoms with Gasteiger partial charge >= 0.3 is 0 Å². The van der Waals surface area contributed by atoms with Crippen LogP contribution in [-0.4, -0.2) is 30.0 Å². The van der Waals surface area contributed by atoms with Crippen molar-refractivity contribution in [3.8, 4) is 0 Å². The molecule has 1 aromatic heterocycles. The second-order valence-electron chi connectivity index (χ2n) is 6.54. The predicted octanol–water partition coefficient (Wildman–Crippen LogP) is 5.05. The van der Waals surface area contributed by atoms with Crippen molar-refractivity contribution < 1.29 is 4.79 Å². The summed E-state index contributed by atoms with van der Waals surface area (Å²) in [7, 11) is 3.81. The fourth-order valence-corrected chi connectivity index (χ4v) is 3.49. The van der Waals surface area contributed by atoms with Gasteiger partial charge in [0.15, 0.2) is 5.16 Å². The molecule has 0 saturated carbocycles. The molecule has 0 unspecified atom stereocenters. The minimum Gasteiger partial charge on any atom is -0.363 e. The molecule has 2 aromatic carbocycles. The number of carbonyl (C=O) groups excluding carboxylic acids is 1. The number of halogens is 1. The van der Waals surface area contributed by atoms with Crippen molar-refractivity contribution in [3.63, 3.8) is 0 Å². The summed E-state index contributed by atoms with van der Waals surface area (Å²) in [5.74, 6) is 1.26. The number of nitrogens with zero attached hydrogens (tertiary/aromatic N) is 3. The zero-order valence-corrected chi connectivity index (χ0v) is 17.5. The van der Waals surface area contributed by atoms with E-state index in [1.165, 1.54) is 11.8 Å². The average Bonchev–Trinajstić information content (AvgIpc) is 2.68. The highest BCUT2D eigenvalue weighted by Gasteiger charge is 2.09. The lowest BCUT2D eigenvalue weighted by Crippen LogP contribution is -2.12. The monoisotopic (exact) mass is 412 g/mol. The van der Waals surface area contributed by atoms with Gasteiger partial charge in [-0.1, -0.05) is 53.2 Å². The molecule has 0 aliphatic carbocycles. The van der Waals surface area contributed by atoms with Crippen LogP contribution < -0.4 is 10.2 Å². The summed E-state index contributed by atoms with van der Waals surface area (Å²) in [6.07, 6.45) is 0. The summed E-state index contributed by atoms with van der Waals surface area (Å²) in [5.41, 5.74) is 3.55. The third-order valence-corrected chi connectivity index (χ3v) is 5.10. The summed E-state index contributed by atoms with van der Waals surface area (Å²) in [4.78, 5) is 23.2. The zero-order chi connectivity index (χ0) is 20.1. The van der Waals surface area contributed by atoms with Crippen LogP contribution in [0, 0.1) is 6.92 Å². The van der Waals surface area contributed by atoms with Crippen molar-refractivity contribution in [2.75, 3.05) is 24.3 Å². The van der Waals surface area contributed by atoms with E-state index in [0.29, 0.717) is 21.6 Å². The van der Waals surface area contributed by atoms with Crippen LogP contribution in [0.5, 0.6) is 0 Å². The topological polar surface area (TPSA) is 58.1 Å². The molecule has 7 heteroatoms. The normalized spacial score (nSPS) is 10.6. The maximum atomic E-state index is 12.5. The Bertz CT molecular complexity index is 976. The predicted molar refractivity (Wildman–Crippen MR) is 117 cm³/mol. The summed E-state index contributed by atoms with van der Waals surface area (Å²) >= 11 is 7.57. The van der Waals surface area contributed by atoms with Gasteiger partial charge in [-0.3, -0.25) is 4.79 Å². The number of hydrogen-bond acceptors (Lipinski definition) is 5. The highest BCUT2D eigenvalue weighted by Crippen LogP contribution is 2.24. The van der Waals surface area contributed by atoms with E-state index < -0.39 is 0 Å². The molecule has 3 aromatic rings. The van der Waals surface area contributed by atoms with Crippen LogP contribution >= 0.6 is 23.4 Å². The maximum Gasteiger partial charge on any atom is 0.255 e. The third kappa shape index (κ3) is 5.47. The van der Waals surface area contributed by atoms with Crippen molar-refractivity contribution in [1.29, 1.82) is 0 Å². The first-order valence-corrected chi connectivity index (χ1v) is 10.1. The lowest BCUT2D eigenvalue weighted by Gasteiger charge is -2.12. The van der Waals surface area contributed by atoms with Crippen LogP contribution in [0.1, 0.15) is 21.5 Å². The number of hydrogen-bond donors (Lipinski definition) is 1. The molecule has 1 N–H and O–H groups in total. The van der Waals surface area contributed by atoms with E-state index in [9.17, 15) is 4.79 Å². The van der Waals surface area contributed by atoms with Gasteiger partial charge in [0.2, 0.25) is 0 Å². The van der Waals surface area contributed by atoms with Crippen LogP contribution in [-0.2, 0) is 5.75 Å². The highest BCUT2D eigenvalue weighted by molar-refractivity contribution is 7.98. The van der Waals surface area contributed by atoms with E-state index in [1.807, 2.05) is 68.4 Å². The molecule has 1 heterocycles. The van der Waals surface area contributed by atoms with Gasteiger partial charge in [0.1, 0.15) is 11.0 Å². The van der Waals surface area contributed by atoms with Crippen molar-refractivity contribution in [2.45, 2.75) is 17.8 Å². The van der Waals surface area contributed by atoms with Crippen LogP contribution in [0.3, 0.4) is 0 Å². The van der Waals surface area contributed by atoms with E-state index in [4.69, 9.17) is 11.6 Å². The molecule has 0 radical (unpaired) electrons. The fourth-order valence-electron chi connectivity index (χ4n) is 2.47. The SMILES string of the molecule is Cc1ccc(NC(=O)c2cccc(CSc3nc(Cl)cc(N(C)C)n3)c2)cc1. The first-order chi connectivity index (χ1) is 13.4. The van der Waals surface area contributed by atoms with Gasteiger partial charge in [-0.2, -0.15) is 0 Å². The Hall–Kier alpha value is -2.57. The van der Waals surface area contributed by atoms with Gasteiger partial charge in [0.25, 0.3) is 5.91 Å². The van der Waals surface area contributed by atoms with Crippen molar-refractivity contribution in [3.05, 3.63) is 76.4 Å². The number of benzene rings is 2. The number of anilines is 2. The van der Waals surface area contributed by atoms with E-state index in [-0.39, 0.29) is 5.91 Å². The Morgan fingerprint density at radius 1 is 1.11 bits per heavy atom. The minimum atomic E-state index is -0.135. The quantitative estimate of drug-likeness (QED) is 0.349. The first-order valence-electron chi connectivity index (χ1n) is 8.72. The molecule has 28 heavy (non-hydrogen) atoms. The van der Waals surface area contributed by atoms with E-state index >= 15 is 0 Å². The van der Waals surface area contributed by atoms with Crippen LogP contribution in [0.4, 0.5) is 11.5 Å². The summed E-state index contributed by atoms with van der Waals surface area (Å²) in [6.45, 7) is 2.01. The molecule has 144 valence electrons. The number of rotatable bonds is 6. The number of aromatic nitrogens is 2. The number of thioether (sulfide) groups is 1. The standard InChI is InChI=1S/C21H21ClN4OS/c1-14-7-9-17(10-8-14)23-20(27)16-6-4-5-15(11-16)13-28-21-24-18(22)12-19(25-21)26(2)3/h4-12H,13H2,1-3H3,(H,23,27). The van der Waals surface area contributed by atoms with E-state index in [2.05, 4.69) is 15.3 Å². The van der Waals surface area contributed by atoms with Crippen molar-refractivity contribution in [2.24, 2.45) is 0 Å². The smallest absolute Gasteiger partial charge is 0.255 e. The maximum absolute atomic E-state index is 12.5. The van der Waals surface area contributed by atoms with Gasteiger partial charge in [0.05, 0.1) is 0 Å². The second-order valence-corrected chi connectivity index (χ2v) is 7.86. The zero-order valence-electron chi connectivity index (χ0n) is 15.9. The molecule has 1 amide bonds. The Morgan fingerprint density at radius 2 is 1.86 bits per heavy atom. The Kier molecular flexibility index (Phi) is 6.54. The molecule has 0 fully saturated rings. The number of aryl methyl sites for hydroxylation is 1. The van der Waals surface area contributed by atoms with Crippen LogP contribution in [0.15, 0.2) is 59.8 Å². The van der Waals surface area contributed by atoms with Gasteiger partial charge in [-0.05, 0) is 36.8 Å². The van der Waals surface area contributed by atoms with Gasteiger partial charge < -0.3 is 10.2 Å². The minimum absolute atomic E-state index is 0.135. The van der Waals surface area contributed by atoms with E-state index in [0.717, 1.165) is 22.6 Å². The van der Waals surface area contributed by atoms with Gasteiger partial charge in [-0.25, -0.2) is 9.97 Å². The lowest BCUT2D eigenvalue weighted by atomic mass is 10.1. The molecule has 0 spiro atoms. The van der Waals surface area contributed by atoms with Gasteiger partial charge in [-0.15, -0.1) is 0 Å². The second kappa shape index (κ2) is 9.08. The van der Waals surface area contributed by atoms with E-state index in [1.54, 1.807) is 12.1 Å². The molecule has 0 aliphatic rings. The summed E-state index contributed by atoms with van der Waals surface area (Å²) in [5, 5.41) is 3.93. The lowest BCUT2D eigenvalue weighted by molar-refractivity contribution is 0.102. The molecular weight excluding hydrogens is 392 g/mol. The van der Waals surface area contributed by atoms with Crippen LogP contribution in [0.25, 0.3) is 0 Å². The molecular formula is C21H21ClN4OS. The molecule has 3 rings (SSSR count). The highest BCUT2D eigenvalue weighted by atomic mass is 35.5. The number of amides is 1. The third-order valence-electron chi connectivity index (χ3n) is 3.99. The van der Waals surface area contributed by atoms with Gasteiger partial charge in [0, 0.05) is 37.2 Å². The summed E-state index contributed by atoms with van der Waals surface area (Å²) < 4.78 is 0. The molecule has 0 saturated heterocycles. The molecule has 0 bridgehead atoms. The Labute approximate surface area is 174 Å². The first kappa shape index (κ1) is 20.2. The molecule has 0 atom stereocenters. The number of nitrogens with one attached hydrogen (secondary N) is 1. The Balaban J connectivity index is 1.68. The average molecular weight is 413 g/mol. The number of carbonyl (C=O) groups is 1. The van der Waals surface area contributed by atoms with Crippen molar-refractivity contribution >= 4 is 40.8 Å².